The smallest absolute Gasteiger partial charge is 0.472 e. The molecule has 5 rings (SSSR count). The van der Waals surface area contributed by atoms with Crippen LogP contribution < -0.4 is 10.2 Å². The van der Waals surface area contributed by atoms with Crippen molar-refractivity contribution >= 4 is 47.7 Å². The van der Waals surface area contributed by atoms with Gasteiger partial charge in [0.15, 0.2) is 6.73 Å². The first kappa shape index (κ1) is 29.3. The summed E-state index contributed by atoms with van der Waals surface area (Å²) in [5, 5.41) is -0.245. The van der Waals surface area contributed by atoms with Gasteiger partial charge in [-0.25, -0.2) is 13.6 Å². The Hall–Kier alpha value is -3.18. The molecular weight excluding hydrogens is 578 g/mol. The summed E-state index contributed by atoms with van der Waals surface area (Å²) in [5.41, 5.74) is -0.0511. The Morgan fingerprint density at radius 1 is 0.976 bits per heavy atom. The molecule has 0 aromatic heterocycles. The van der Waals surface area contributed by atoms with Crippen molar-refractivity contribution in [2.75, 3.05) is 13.8 Å². The highest BCUT2D eigenvalue weighted by Gasteiger charge is 2.52. The number of carbonyl (C=O) groups is 2. The number of rotatable bonds is 4. The van der Waals surface area contributed by atoms with Crippen molar-refractivity contribution in [2.45, 2.75) is 45.4 Å². The van der Waals surface area contributed by atoms with Gasteiger partial charge in [-0.05, 0) is 51.4 Å². The molecule has 2 aliphatic heterocycles. The molecule has 0 aliphatic carbocycles. The number of amides is 1. The van der Waals surface area contributed by atoms with Crippen LogP contribution in [0.1, 0.15) is 54.0 Å². The van der Waals surface area contributed by atoms with Gasteiger partial charge in [-0.1, -0.05) is 47.5 Å². The molecule has 0 atom stereocenters. The molecule has 1 saturated heterocycles. The molecule has 0 N–H and O–H groups in total. The lowest BCUT2D eigenvalue weighted by Crippen LogP contribution is -2.41. The number of hydrogen-bond acceptors (Lipinski definition) is 6. The van der Waals surface area contributed by atoms with Gasteiger partial charge in [0, 0.05) is 16.7 Å². The van der Waals surface area contributed by atoms with E-state index in [2.05, 4.69) is 0 Å². The highest BCUT2D eigenvalue weighted by molar-refractivity contribution is 6.63. The van der Waals surface area contributed by atoms with Crippen molar-refractivity contribution in [3.8, 4) is 16.9 Å². The number of hydrogen-bond donors (Lipinski definition) is 0. The van der Waals surface area contributed by atoms with Crippen molar-refractivity contribution in [3.05, 3.63) is 80.8 Å². The van der Waals surface area contributed by atoms with Gasteiger partial charge in [0.1, 0.15) is 17.4 Å². The second kappa shape index (κ2) is 10.6. The first-order valence-corrected chi connectivity index (χ1v) is 13.5. The first-order valence-electron chi connectivity index (χ1n) is 12.7. The van der Waals surface area contributed by atoms with E-state index in [0.717, 1.165) is 18.2 Å². The van der Waals surface area contributed by atoms with Gasteiger partial charge in [-0.15, -0.1) is 0 Å². The third-order valence-electron chi connectivity index (χ3n) is 7.67. The Kier molecular flexibility index (Phi) is 7.57. The topological polar surface area (TPSA) is 74.3 Å². The van der Waals surface area contributed by atoms with E-state index in [0.29, 0.717) is 22.3 Å². The Morgan fingerprint density at radius 3 is 2.22 bits per heavy atom. The molecule has 0 bridgehead atoms. The van der Waals surface area contributed by atoms with E-state index < -0.39 is 41.8 Å². The van der Waals surface area contributed by atoms with E-state index in [1.807, 2.05) is 27.7 Å². The van der Waals surface area contributed by atoms with E-state index in [-0.39, 0.29) is 40.0 Å². The minimum atomic E-state index is -0.966. The normalized spacial score (nSPS) is 17.2. The molecule has 2 heterocycles. The van der Waals surface area contributed by atoms with Gasteiger partial charge in [0.25, 0.3) is 5.91 Å². The Balaban J connectivity index is 1.53. The molecule has 0 spiro atoms. The van der Waals surface area contributed by atoms with Crippen LogP contribution in [0.2, 0.25) is 10.0 Å². The second-order valence-electron chi connectivity index (χ2n) is 10.8. The molecule has 7 nitrogen and oxygen atoms in total. The van der Waals surface area contributed by atoms with Crippen LogP contribution in [0.4, 0.5) is 8.78 Å². The minimum Gasteiger partial charge on any atom is -0.472 e. The van der Waals surface area contributed by atoms with E-state index in [1.54, 1.807) is 18.2 Å². The largest absolute Gasteiger partial charge is 0.495 e. The number of esters is 1. The van der Waals surface area contributed by atoms with Crippen LogP contribution in [0.15, 0.2) is 42.5 Å². The Labute approximate surface area is 246 Å². The molecule has 0 radical (unpaired) electrons. The SMILES string of the molecule is COC(=O)c1cc(F)c(-c2cccc3c2OCN(C(=O)c2c(Cl)cc(F)cc2Cl)C3)cc1B1OC(C)(C)C(C)(C)O1. The summed E-state index contributed by atoms with van der Waals surface area (Å²) in [6, 6.07) is 9.73. The third kappa shape index (κ3) is 5.18. The lowest BCUT2D eigenvalue weighted by Gasteiger charge is -2.32. The zero-order valence-electron chi connectivity index (χ0n) is 22.9. The molecular formula is C29H26BCl2F2NO6. The zero-order chi connectivity index (χ0) is 29.9. The number of carbonyl (C=O) groups excluding carboxylic acids is 2. The lowest BCUT2D eigenvalue weighted by molar-refractivity contribution is 0.00578. The molecule has 214 valence electrons. The van der Waals surface area contributed by atoms with E-state index in [4.69, 9.17) is 42.0 Å². The average molecular weight is 604 g/mol. The van der Waals surface area contributed by atoms with E-state index >= 15 is 4.39 Å². The maximum Gasteiger partial charge on any atom is 0.495 e. The molecule has 12 heteroatoms. The number of fused-ring (bicyclic) bond motifs is 1. The van der Waals surface area contributed by atoms with Crippen LogP contribution in [-0.2, 0) is 20.6 Å². The number of benzene rings is 3. The van der Waals surface area contributed by atoms with Crippen molar-refractivity contribution in [1.29, 1.82) is 0 Å². The highest BCUT2D eigenvalue weighted by atomic mass is 35.5. The molecule has 0 unspecified atom stereocenters. The van der Waals surface area contributed by atoms with Gasteiger partial charge in [0.2, 0.25) is 0 Å². The quantitative estimate of drug-likeness (QED) is 0.268. The fraction of sp³-hybridized carbons (Fsp3) is 0.310. The lowest BCUT2D eigenvalue weighted by atomic mass is 9.74. The van der Waals surface area contributed by atoms with Crippen LogP contribution in [-0.4, -0.2) is 48.9 Å². The Morgan fingerprint density at radius 2 is 1.61 bits per heavy atom. The maximum atomic E-state index is 15.7. The molecule has 3 aromatic carbocycles. The van der Waals surface area contributed by atoms with E-state index in [1.165, 1.54) is 18.1 Å². The summed E-state index contributed by atoms with van der Waals surface area (Å²) in [6.07, 6.45) is 0. The molecule has 2 aliphatic rings. The predicted octanol–water partition coefficient (Wildman–Crippen LogP) is 6.02. The molecule has 41 heavy (non-hydrogen) atoms. The summed E-state index contributed by atoms with van der Waals surface area (Å²) >= 11 is 12.2. The molecule has 0 saturated carbocycles. The van der Waals surface area contributed by atoms with Gasteiger partial charge < -0.3 is 23.7 Å². The fourth-order valence-corrected chi connectivity index (χ4v) is 5.39. The van der Waals surface area contributed by atoms with Crippen molar-refractivity contribution in [2.24, 2.45) is 0 Å². The number of halogens is 4. The Bertz CT molecular complexity index is 1540. The molecule has 3 aromatic rings. The van der Waals surface area contributed by atoms with E-state index in [9.17, 15) is 14.0 Å². The predicted molar refractivity (Wildman–Crippen MR) is 151 cm³/mol. The first-order chi connectivity index (χ1) is 19.2. The van der Waals surface area contributed by atoms with Gasteiger partial charge in [-0.2, -0.15) is 0 Å². The van der Waals surface area contributed by atoms with Crippen molar-refractivity contribution in [3.63, 3.8) is 0 Å². The van der Waals surface area contributed by atoms with Crippen LogP contribution in [0.25, 0.3) is 11.1 Å². The second-order valence-corrected chi connectivity index (χ2v) is 11.6. The standard InChI is InChI=1S/C29H26BCl2F2NO6/c1-28(2)29(3,4)41-30(40-28)20-11-18(23(34)12-19(20)27(37)38-5)17-8-6-7-15-13-35(14-39-25(15)17)26(36)24-21(31)9-16(33)10-22(24)32/h6-12H,13-14H2,1-5H3. The summed E-state index contributed by atoms with van der Waals surface area (Å²) in [7, 11) is 0.246. The van der Waals surface area contributed by atoms with Crippen LogP contribution in [0.5, 0.6) is 5.75 Å². The zero-order valence-corrected chi connectivity index (χ0v) is 24.5. The number of nitrogens with zero attached hydrogens (tertiary/aromatic N) is 1. The van der Waals surface area contributed by atoms with Gasteiger partial charge in [0.05, 0.1) is 46.0 Å². The average Bonchev–Trinajstić information content (AvgIpc) is 3.12. The summed E-state index contributed by atoms with van der Waals surface area (Å²) in [6.45, 7) is 7.38. The van der Waals surface area contributed by atoms with Gasteiger partial charge in [-0.3, -0.25) is 4.79 Å². The van der Waals surface area contributed by atoms with Crippen LogP contribution >= 0.6 is 23.2 Å². The van der Waals surface area contributed by atoms with Crippen LogP contribution in [0.3, 0.4) is 0 Å². The minimum absolute atomic E-state index is 0.0252. The third-order valence-corrected chi connectivity index (χ3v) is 8.27. The number of ether oxygens (including phenoxy) is 2. The summed E-state index contributed by atoms with van der Waals surface area (Å²) < 4.78 is 52.5. The molecule has 1 amide bonds. The summed E-state index contributed by atoms with van der Waals surface area (Å²) in [4.78, 5) is 27.2. The van der Waals surface area contributed by atoms with Gasteiger partial charge >= 0.3 is 13.1 Å². The van der Waals surface area contributed by atoms with Crippen molar-refractivity contribution < 1.29 is 37.2 Å². The highest BCUT2D eigenvalue weighted by Crippen LogP contribution is 2.40. The fourth-order valence-electron chi connectivity index (χ4n) is 4.77. The maximum absolute atomic E-state index is 15.7. The molecule has 1 fully saturated rings. The van der Waals surface area contributed by atoms with Crippen molar-refractivity contribution in [1.82, 2.24) is 4.90 Å². The van der Waals surface area contributed by atoms with Crippen LogP contribution in [0, 0.1) is 11.6 Å². The monoisotopic (exact) mass is 603 g/mol. The summed E-state index contributed by atoms with van der Waals surface area (Å²) in [5.74, 6) is -2.28. The number of methoxy groups -OCH3 is 1. The number of para-hydroxylation sites is 1.